The summed E-state index contributed by atoms with van der Waals surface area (Å²) in [6.45, 7) is 2.81. The molecule has 0 radical (unpaired) electrons. The Balaban J connectivity index is 2.85. The van der Waals surface area contributed by atoms with Gasteiger partial charge in [-0.05, 0) is 18.6 Å². The predicted octanol–water partition coefficient (Wildman–Crippen LogP) is 1.11. The van der Waals surface area contributed by atoms with Crippen molar-refractivity contribution >= 4 is 13.7 Å². The third-order valence-corrected chi connectivity index (χ3v) is 3.02. The molecule has 4 heteroatoms. The molecule has 0 amide bonds. The van der Waals surface area contributed by atoms with Gasteiger partial charge in [-0.25, -0.2) is 0 Å². The van der Waals surface area contributed by atoms with E-state index in [1.54, 1.807) is 0 Å². The molecule has 0 saturated heterocycles. The van der Waals surface area contributed by atoms with Gasteiger partial charge in [0.1, 0.15) is 0 Å². The Morgan fingerprint density at radius 2 is 2.15 bits per heavy atom. The topological polar surface area (TPSA) is 55.5 Å². The Morgan fingerprint density at radius 3 is 2.77 bits per heavy atom. The van der Waals surface area contributed by atoms with Gasteiger partial charge >= 0.3 is 0 Å². The van der Waals surface area contributed by atoms with Crippen LogP contribution in [0.5, 0.6) is 0 Å². The second-order valence-electron chi connectivity index (χ2n) is 2.52. The monoisotopic (exact) mass is 199 g/mol. The van der Waals surface area contributed by atoms with Crippen LogP contribution in [0.25, 0.3) is 0 Å². The van der Waals surface area contributed by atoms with Gasteiger partial charge in [-0.2, -0.15) is 0 Å². The molecular formula is C9H14NO2P. The fraction of sp³-hybridized carbons (Fsp3) is 0.333. The highest BCUT2D eigenvalue weighted by atomic mass is 31.2. The molecule has 0 bridgehead atoms. The van der Waals surface area contributed by atoms with Gasteiger partial charge in [0.25, 0.3) is 0 Å². The van der Waals surface area contributed by atoms with Gasteiger partial charge in [-0.3, -0.25) is 0 Å². The normalized spacial score (nSPS) is 12.8. The summed E-state index contributed by atoms with van der Waals surface area (Å²) in [5, 5.41) is 0.821. The van der Waals surface area contributed by atoms with Crippen molar-refractivity contribution in [2.45, 2.75) is 13.5 Å². The molecule has 0 aromatic heterocycles. The molecule has 72 valence electrons. The van der Waals surface area contributed by atoms with Crippen LogP contribution in [0.4, 0.5) is 0 Å². The lowest BCUT2D eigenvalue weighted by Crippen LogP contribution is -2.13. The fourth-order valence-corrected chi connectivity index (χ4v) is 2.07. The lowest BCUT2D eigenvalue weighted by molar-refractivity contribution is 0.337. The highest BCUT2D eigenvalue weighted by Crippen LogP contribution is 2.31. The molecule has 1 rings (SSSR count). The Morgan fingerprint density at radius 1 is 1.46 bits per heavy atom. The van der Waals surface area contributed by atoms with E-state index in [0.29, 0.717) is 13.2 Å². The van der Waals surface area contributed by atoms with E-state index in [9.17, 15) is 4.89 Å². The number of nitrogens with two attached hydrogens (primary N) is 1. The molecule has 0 fully saturated rings. The molecule has 0 spiro atoms. The molecule has 0 aliphatic heterocycles. The van der Waals surface area contributed by atoms with Crippen LogP contribution in [-0.2, 0) is 11.1 Å². The lowest BCUT2D eigenvalue weighted by Gasteiger charge is -2.12. The molecule has 1 aromatic rings. The Labute approximate surface area is 79.4 Å². The third kappa shape index (κ3) is 2.75. The predicted molar refractivity (Wildman–Crippen MR) is 54.7 cm³/mol. The summed E-state index contributed by atoms with van der Waals surface area (Å²) in [6, 6.07) is 7.53. The maximum atomic E-state index is 9.62. The number of rotatable bonds is 4. The molecule has 0 aliphatic rings. The zero-order chi connectivity index (χ0) is 9.68. The van der Waals surface area contributed by atoms with E-state index < -0.39 is 8.38 Å². The maximum Gasteiger partial charge on any atom is 0.202 e. The van der Waals surface area contributed by atoms with E-state index in [2.05, 4.69) is 0 Å². The summed E-state index contributed by atoms with van der Waals surface area (Å²) in [4.78, 5) is 9.62. The highest BCUT2D eigenvalue weighted by molar-refractivity contribution is 7.55. The minimum absolute atomic E-state index is 0.433. The first-order valence-corrected chi connectivity index (χ1v) is 5.40. The average molecular weight is 199 g/mol. The van der Waals surface area contributed by atoms with Crippen molar-refractivity contribution in [3.8, 4) is 0 Å². The zero-order valence-electron chi connectivity index (χ0n) is 7.60. The van der Waals surface area contributed by atoms with Crippen LogP contribution in [0, 0.1) is 0 Å². The Bertz CT molecular complexity index is 268. The number of hydrogen-bond donors (Lipinski definition) is 2. The smallest absolute Gasteiger partial charge is 0.202 e. The van der Waals surface area contributed by atoms with Crippen molar-refractivity contribution in [1.82, 2.24) is 0 Å². The van der Waals surface area contributed by atoms with Crippen LogP contribution in [-0.4, -0.2) is 11.5 Å². The first-order valence-electron chi connectivity index (χ1n) is 4.19. The molecule has 0 heterocycles. The summed E-state index contributed by atoms with van der Waals surface area (Å²) in [6.07, 6.45) is 0. The summed E-state index contributed by atoms with van der Waals surface area (Å²) < 4.78 is 5.14. The molecule has 1 aromatic carbocycles. The molecule has 1 atom stereocenters. The van der Waals surface area contributed by atoms with Gasteiger partial charge in [0.05, 0.1) is 6.61 Å². The van der Waals surface area contributed by atoms with E-state index >= 15 is 0 Å². The minimum Gasteiger partial charge on any atom is -0.346 e. The van der Waals surface area contributed by atoms with E-state index in [4.69, 9.17) is 10.3 Å². The number of hydrogen-bond acceptors (Lipinski definition) is 3. The molecule has 3 N–H and O–H groups in total. The van der Waals surface area contributed by atoms with Crippen molar-refractivity contribution in [1.29, 1.82) is 0 Å². The first kappa shape index (κ1) is 10.6. The van der Waals surface area contributed by atoms with Gasteiger partial charge in [0.2, 0.25) is 8.38 Å². The van der Waals surface area contributed by atoms with Crippen molar-refractivity contribution in [3.63, 3.8) is 0 Å². The van der Waals surface area contributed by atoms with E-state index in [1.807, 2.05) is 31.2 Å². The quantitative estimate of drug-likeness (QED) is 0.714. The van der Waals surface area contributed by atoms with Gasteiger partial charge in [0, 0.05) is 11.8 Å². The van der Waals surface area contributed by atoms with Crippen molar-refractivity contribution in [2.75, 3.05) is 6.61 Å². The van der Waals surface area contributed by atoms with Crippen LogP contribution in [0.3, 0.4) is 0 Å². The van der Waals surface area contributed by atoms with Gasteiger partial charge in [-0.15, -0.1) is 0 Å². The second kappa shape index (κ2) is 5.30. The second-order valence-corrected chi connectivity index (χ2v) is 3.81. The first-order chi connectivity index (χ1) is 6.29. The maximum absolute atomic E-state index is 9.62. The SMILES string of the molecule is CCOP(O)c1ccccc1CN. The largest absolute Gasteiger partial charge is 0.346 e. The summed E-state index contributed by atoms with van der Waals surface area (Å²) >= 11 is 0. The summed E-state index contributed by atoms with van der Waals surface area (Å²) in [5.41, 5.74) is 6.48. The van der Waals surface area contributed by atoms with Crippen molar-refractivity contribution in [2.24, 2.45) is 5.73 Å². The van der Waals surface area contributed by atoms with Crippen LogP contribution < -0.4 is 11.0 Å². The summed E-state index contributed by atoms with van der Waals surface area (Å²) in [7, 11) is -1.48. The van der Waals surface area contributed by atoms with Gasteiger partial charge in [0.15, 0.2) is 0 Å². The Hall–Kier alpha value is -0.470. The minimum atomic E-state index is -1.48. The molecular weight excluding hydrogens is 185 g/mol. The van der Waals surface area contributed by atoms with Gasteiger partial charge < -0.3 is 15.2 Å². The molecule has 1 unspecified atom stereocenters. The van der Waals surface area contributed by atoms with Gasteiger partial charge in [-0.1, -0.05) is 18.2 Å². The van der Waals surface area contributed by atoms with Crippen LogP contribution in [0.2, 0.25) is 0 Å². The van der Waals surface area contributed by atoms with Crippen LogP contribution in [0.15, 0.2) is 24.3 Å². The third-order valence-electron chi connectivity index (χ3n) is 1.67. The zero-order valence-corrected chi connectivity index (χ0v) is 8.50. The van der Waals surface area contributed by atoms with Crippen LogP contribution in [0.1, 0.15) is 12.5 Å². The fourth-order valence-electron chi connectivity index (χ4n) is 1.06. The standard InChI is InChI=1S/C9H14NO2P/c1-2-12-13(11)9-6-4-3-5-8(9)7-10/h3-6,11H,2,7,10H2,1H3. The van der Waals surface area contributed by atoms with Crippen molar-refractivity contribution in [3.05, 3.63) is 29.8 Å². The van der Waals surface area contributed by atoms with Crippen LogP contribution >= 0.6 is 8.38 Å². The highest BCUT2D eigenvalue weighted by Gasteiger charge is 2.11. The van der Waals surface area contributed by atoms with E-state index in [0.717, 1.165) is 10.9 Å². The molecule has 3 nitrogen and oxygen atoms in total. The molecule has 0 aliphatic carbocycles. The lowest BCUT2D eigenvalue weighted by atomic mass is 10.2. The number of benzene rings is 1. The summed E-state index contributed by atoms with van der Waals surface area (Å²) in [5.74, 6) is 0. The Kier molecular flexibility index (Phi) is 4.33. The van der Waals surface area contributed by atoms with E-state index in [-0.39, 0.29) is 0 Å². The van der Waals surface area contributed by atoms with E-state index in [1.165, 1.54) is 0 Å². The molecule has 13 heavy (non-hydrogen) atoms. The van der Waals surface area contributed by atoms with Crippen molar-refractivity contribution < 1.29 is 9.42 Å². The molecule has 0 saturated carbocycles. The average Bonchev–Trinajstić information content (AvgIpc) is 2.18.